The molecule has 0 saturated carbocycles. The zero-order valence-electron chi connectivity index (χ0n) is 29.2. The molecule has 0 fully saturated rings. The van der Waals surface area contributed by atoms with E-state index in [4.69, 9.17) is 29.9 Å². The monoisotopic (exact) mass is 783 g/mol. The van der Waals surface area contributed by atoms with Crippen LogP contribution in [0.1, 0.15) is 0 Å². The number of likely N-dealkylation sites (N-methyl/N-ethyl adjacent to an activating group) is 1. The number of H-pyrrole nitrogens is 2. The first-order chi connectivity index (χ1) is 25.5. The van der Waals surface area contributed by atoms with E-state index in [0.29, 0.717) is 45.6 Å². The van der Waals surface area contributed by atoms with Crippen LogP contribution in [0.3, 0.4) is 0 Å². The number of nitrogens with one attached hydrogen (secondary N) is 2. The van der Waals surface area contributed by atoms with Crippen molar-refractivity contribution in [3.05, 3.63) is 116 Å². The number of aromatic amines is 2. The van der Waals surface area contributed by atoms with Gasteiger partial charge in [0.25, 0.3) is 10.1 Å². The maximum Gasteiger partial charge on any atom is 0.295 e. The molecule has 0 aliphatic carbocycles. The molecule has 3 N–H and O–H groups in total. The molecule has 2 aliphatic rings. The van der Waals surface area contributed by atoms with Crippen molar-refractivity contribution in [2.24, 2.45) is 0 Å². The van der Waals surface area contributed by atoms with E-state index < -0.39 is 10.1 Å². The molecule has 1 radical (unpaired) electrons. The summed E-state index contributed by atoms with van der Waals surface area (Å²) in [5.41, 5.74) is 4.68. The minimum absolute atomic E-state index is 0. The zero-order valence-corrected chi connectivity index (χ0v) is 31.0. The Bertz CT molecular complexity index is 2900. The predicted molar refractivity (Wildman–Crippen MR) is 208 cm³/mol. The summed E-state index contributed by atoms with van der Waals surface area (Å²) in [4.78, 5) is 35.4. The first-order valence-electron chi connectivity index (χ1n) is 16.8. The van der Waals surface area contributed by atoms with Crippen molar-refractivity contribution >= 4 is 54.3 Å². The van der Waals surface area contributed by atoms with Crippen molar-refractivity contribution in [1.29, 1.82) is 0 Å². The molecule has 0 amide bonds. The second-order valence-corrected chi connectivity index (χ2v) is 14.7. The van der Waals surface area contributed by atoms with Gasteiger partial charge in [-0.2, -0.15) is 8.42 Å². The summed E-state index contributed by atoms with van der Waals surface area (Å²) in [6.45, 7) is 9.37. The Hall–Kier alpha value is -5.89. The summed E-state index contributed by atoms with van der Waals surface area (Å²) in [5, 5.41) is 2.36. The molecule has 0 saturated heterocycles. The Morgan fingerprint density at radius 3 is 1.37 bits per heavy atom. The van der Waals surface area contributed by atoms with E-state index >= 15 is 0 Å². The van der Waals surface area contributed by atoms with Gasteiger partial charge in [0.15, 0.2) is 23.3 Å². The van der Waals surface area contributed by atoms with Crippen LogP contribution in [0.4, 0.5) is 0 Å². The summed E-state index contributed by atoms with van der Waals surface area (Å²) in [5.74, 6) is 1.60. The van der Waals surface area contributed by atoms with Gasteiger partial charge in [-0.05, 0) is 18.2 Å². The van der Waals surface area contributed by atoms with E-state index in [0.717, 1.165) is 50.6 Å². The molecule has 0 atom stereocenters. The van der Waals surface area contributed by atoms with Gasteiger partial charge in [-0.1, -0.05) is 98.1 Å². The molecular weight excluding hydrogens is 750 g/mol. The average Bonchev–Trinajstić information content (AvgIpc) is 3.87. The Kier molecular flexibility index (Phi) is 9.56. The first-order valence-corrected chi connectivity index (χ1v) is 18.2. The fourth-order valence-electron chi connectivity index (χ4n) is 6.65. The zero-order chi connectivity index (χ0) is 36.9. The van der Waals surface area contributed by atoms with Crippen LogP contribution in [0, 0.1) is 0 Å². The van der Waals surface area contributed by atoms with Crippen LogP contribution in [0.15, 0.2) is 121 Å². The van der Waals surface area contributed by atoms with E-state index in [1.807, 2.05) is 84.9 Å². The normalized spacial score (nSPS) is 11.9. The number of hydrogen-bond donors (Lipinski definition) is 3. The fraction of sp³-hybridized carbons (Fsp3) is 0.100. The number of quaternary nitrogens is 1. The van der Waals surface area contributed by atoms with Gasteiger partial charge >= 0.3 is 0 Å². The molecule has 12 nitrogen and oxygen atoms in total. The van der Waals surface area contributed by atoms with Crippen LogP contribution >= 0.6 is 0 Å². The molecule has 0 spiro atoms. The Morgan fingerprint density at radius 1 is 0.574 bits per heavy atom. The molecule has 54 heavy (non-hydrogen) atoms. The summed E-state index contributed by atoms with van der Waals surface area (Å²) in [6.07, 6.45) is 3.87. The van der Waals surface area contributed by atoms with Gasteiger partial charge in [-0.25, -0.2) is 29.9 Å². The Balaban J connectivity index is 0.000000403. The summed E-state index contributed by atoms with van der Waals surface area (Å²) in [7, 11) is -0.303. The van der Waals surface area contributed by atoms with Crippen molar-refractivity contribution in [2.45, 2.75) is 4.90 Å². The third-order valence-electron chi connectivity index (χ3n) is 9.07. The van der Waals surface area contributed by atoms with Crippen LogP contribution in [0.25, 0.3) is 89.7 Å². The van der Waals surface area contributed by atoms with Crippen LogP contribution in [-0.2, 0) is 27.2 Å². The van der Waals surface area contributed by atoms with Crippen LogP contribution in [0.5, 0.6) is 0 Å². The standard InChI is InChI=1S/C32H18N8O3S.C8H16N.Cu/c41-44(42,43)23-15-7-14-22-24(23)32-39-30-21-13-6-5-12-20(21)28(37-30)35-26-17-9-2-1-8-16(17)25(33-26)34-27-18-10-3-4-11-19(18)29(36-27)38-31(22)40-32;1-5-7-9(3,4)8-6-2;/h1-15H,(H,41,42,43)(H2,33,34,35,36,37,38,39,40);5-6H,1-2,7-8H2,3-4H3;/q;+1;. The number of nitrogens with zero attached hydrogens (tertiary/aromatic N) is 7. The Morgan fingerprint density at radius 2 is 0.944 bits per heavy atom. The molecule has 4 aromatic carbocycles. The number of aromatic nitrogens is 8. The predicted octanol–water partition coefficient (Wildman–Crippen LogP) is 7.55. The van der Waals surface area contributed by atoms with Crippen molar-refractivity contribution in [1.82, 2.24) is 39.9 Å². The topological polar surface area (TPSA) is 163 Å². The first kappa shape index (κ1) is 36.5. The molecule has 9 rings (SSSR count). The number of fused-ring (bicyclic) bond motifs is 20. The Labute approximate surface area is 321 Å². The van der Waals surface area contributed by atoms with Gasteiger partial charge in [-0.15, -0.1) is 0 Å². The van der Waals surface area contributed by atoms with Crippen molar-refractivity contribution in [2.75, 3.05) is 27.2 Å². The van der Waals surface area contributed by atoms with E-state index in [1.165, 1.54) is 6.07 Å². The largest absolute Gasteiger partial charge is 0.324 e. The third kappa shape index (κ3) is 6.61. The molecule has 14 heteroatoms. The molecule has 0 unspecified atom stereocenters. The maximum atomic E-state index is 12.5. The van der Waals surface area contributed by atoms with Crippen LogP contribution in [0.2, 0.25) is 0 Å². The third-order valence-corrected chi connectivity index (χ3v) is 9.96. The van der Waals surface area contributed by atoms with Gasteiger partial charge in [0.2, 0.25) is 0 Å². The molecule has 8 bridgehead atoms. The van der Waals surface area contributed by atoms with Gasteiger partial charge in [0, 0.05) is 60.9 Å². The SMILES string of the molecule is C=CC[N+](C)(C)CC=C.O=S(=O)(O)c1cccc2c3nc4nc(nc5[nH]c(nc6nc(nc([nH]3)c12)-c1ccccc1-6)c1ccccc51)-c1ccccc1-4.[Cu]. The molecule has 273 valence electrons. The number of rotatable bonds is 5. The van der Waals surface area contributed by atoms with Gasteiger partial charge in [-0.3, -0.25) is 4.55 Å². The van der Waals surface area contributed by atoms with Crippen molar-refractivity contribution in [3.63, 3.8) is 0 Å². The minimum Gasteiger partial charge on any atom is -0.324 e. The minimum atomic E-state index is -4.62. The maximum absolute atomic E-state index is 12.5. The van der Waals surface area contributed by atoms with Gasteiger partial charge in [0.05, 0.1) is 27.2 Å². The second-order valence-electron chi connectivity index (χ2n) is 13.3. The average molecular weight is 784 g/mol. The summed E-state index contributed by atoms with van der Waals surface area (Å²) < 4.78 is 36.2. The smallest absolute Gasteiger partial charge is 0.295 e. The quantitative estimate of drug-likeness (QED) is 0.0692. The molecule has 2 aliphatic heterocycles. The van der Waals surface area contributed by atoms with Gasteiger partial charge in [0.1, 0.15) is 27.5 Å². The van der Waals surface area contributed by atoms with Crippen molar-refractivity contribution in [3.8, 4) is 45.6 Å². The van der Waals surface area contributed by atoms with Gasteiger partial charge < -0.3 is 14.5 Å². The number of hydrogen-bond acceptors (Lipinski definition) is 8. The molecular formula is C40H34CuN9O3S+. The van der Waals surface area contributed by atoms with Crippen LogP contribution < -0.4 is 0 Å². The van der Waals surface area contributed by atoms with E-state index in [9.17, 15) is 13.0 Å². The number of benzene rings is 4. The molecule has 5 heterocycles. The molecule has 3 aromatic heterocycles. The van der Waals surface area contributed by atoms with E-state index in [2.05, 4.69) is 37.2 Å². The van der Waals surface area contributed by atoms with E-state index in [1.54, 1.807) is 12.1 Å². The molecule has 7 aromatic rings. The van der Waals surface area contributed by atoms with Crippen molar-refractivity contribution < 1.29 is 34.5 Å². The summed E-state index contributed by atoms with van der Waals surface area (Å²) >= 11 is 0. The van der Waals surface area contributed by atoms with E-state index in [-0.39, 0.29) is 33.0 Å². The second kappa shape index (κ2) is 14.2. The fourth-order valence-corrected chi connectivity index (χ4v) is 7.36. The van der Waals surface area contributed by atoms with Crippen LogP contribution in [-0.4, -0.2) is 84.5 Å². The summed E-state index contributed by atoms with van der Waals surface area (Å²) in [6, 6.07) is 27.6.